The SMILES string of the molecule is CC(C)(C)OC(=O)CO/N=C(\C(=O)N[C@@H]1C(=O)N2C(C(=O)OC(c3ccccc3)c3ccccc3)=C(/C=C/C#C[Si](C)(C)C)CS[C@H]12)c1csc(NC(c2ccccc2)(c2ccccc2)c2ccccc2)n1. The number of nitrogens with zero attached hydrogens (tertiary/aromatic N) is 3. The van der Waals surface area contributed by atoms with Crippen molar-refractivity contribution in [3.63, 3.8) is 0 Å². The Morgan fingerprint density at radius 3 is 1.86 bits per heavy atom. The second-order valence-electron chi connectivity index (χ2n) is 19.0. The quantitative estimate of drug-likeness (QED) is 0.0183. The average Bonchev–Trinajstić information content (AvgIpc) is 3.84. The Kier molecular flexibility index (Phi) is 15.7. The van der Waals surface area contributed by atoms with Crippen molar-refractivity contribution in [3.05, 3.63) is 214 Å². The van der Waals surface area contributed by atoms with E-state index in [4.69, 9.17) is 19.3 Å². The Morgan fingerprint density at radius 2 is 1.35 bits per heavy atom. The molecule has 0 aliphatic carbocycles. The molecule has 2 N–H and O–H groups in total. The zero-order valence-electron chi connectivity index (χ0n) is 40.8. The number of amides is 2. The second kappa shape index (κ2) is 22.3. The summed E-state index contributed by atoms with van der Waals surface area (Å²) in [6, 6.07) is 47.7. The molecular weight excluding hydrogens is 959 g/mol. The van der Waals surface area contributed by atoms with Crippen molar-refractivity contribution in [2.24, 2.45) is 5.16 Å². The summed E-state index contributed by atoms with van der Waals surface area (Å²) >= 11 is 2.63. The third-order valence-corrected chi connectivity index (χ3v) is 14.3. The maximum absolute atomic E-state index is 14.6. The number of fused-ring (bicyclic) bond motifs is 1. The molecule has 366 valence electrons. The van der Waals surface area contributed by atoms with Crippen LogP contribution in [-0.4, -0.2) is 76.8 Å². The van der Waals surface area contributed by atoms with Crippen LogP contribution in [0, 0.1) is 11.5 Å². The molecule has 0 spiro atoms. The van der Waals surface area contributed by atoms with Gasteiger partial charge in [0.1, 0.15) is 42.0 Å². The molecule has 3 heterocycles. The van der Waals surface area contributed by atoms with Crippen LogP contribution in [0.4, 0.5) is 5.13 Å². The first-order chi connectivity index (χ1) is 34.6. The topological polar surface area (TPSA) is 149 Å². The maximum Gasteiger partial charge on any atom is 0.356 e. The van der Waals surface area contributed by atoms with Gasteiger partial charge in [0.25, 0.3) is 11.8 Å². The Morgan fingerprint density at radius 1 is 0.819 bits per heavy atom. The lowest BCUT2D eigenvalue weighted by molar-refractivity contribution is -0.160. The molecule has 5 aromatic carbocycles. The fraction of sp³-hybridized carbons (Fsp3) is 0.228. The first kappa shape index (κ1) is 50.9. The van der Waals surface area contributed by atoms with Crippen LogP contribution in [0.25, 0.3) is 0 Å². The van der Waals surface area contributed by atoms with Gasteiger partial charge in [0, 0.05) is 11.1 Å². The van der Waals surface area contributed by atoms with Crippen LogP contribution in [0.3, 0.4) is 0 Å². The van der Waals surface area contributed by atoms with Gasteiger partial charge in [-0.3, -0.25) is 14.5 Å². The van der Waals surface area contributed by atoms with Crippen molar-refractivity contribution in [2.45, 2.75) is 69.1 Å². The number of rotatable bonds is 16. The van der Waals surface area contributed by atoms with E-state index in [0.29, 0.717) is 16.5 Å². The zero-order chi connectivity index (χ0) is 50.9. The van der Waals surface area contributed by atoms with Crippen LogP contribution in [0.15, 0.2) is 186 Å². The molecule has 0 unspecified atom stereocenters. The van der Waals surface area contributed by atoms with Gasteiger partial charge in [0.05, 0.1) is 0 Å². The highest BCUT2D eigenvalue weighted by molar-refractivity contribution is 8.00. The molecule has 8 rings (SSSR count). The molecule has 2 aliphatic rings. The minimum absolute atomic E-state index is 0.0701. The lowest BCUT2D eigenvalue weighted by atomic mass is 9.77. The highest BCUT2D eigenvalue weighted by Crippen LogP contribution is 2.43. The van der Waals surface area contributed by atoms with Gasteiger partial charge in [-0.05, 0) is 66.3 Å². The van der Waals surface area contributed by atoms with Crippen molar-refractivity contribution < 1.29 is 33.5 Å². The van der Waals surface area contributed by atoms with Crippen molar-refractivity contribution >= 4 is 65.8 Å². The molecule has 2 atom stereocenters. The smallest absolute Gasteiger partial charge is 0.356 e. The van der Waals surface area contributed by atoms with Gasteiger partial charge in [-0.1, -0.05) is 182 Å². The van der Waals surface area contributed by atoms with E-state index in [0.717, 1.165) is 27.8 Å². The van der Waals surface area contributed by atoms with Gasteiger partial charge >= 0.3 is 11.9 Å². The predicted molar refractivity (Wildman–Crippen MR) is 286 cm³/mol. The number of carbonyl (C=O) groups excluding carboxylic acids is 4. The van der Waals surface area contributed by atoms with E-state index in [2.05, 4.69) is 46.9 Å². The van der Waals surface area contributed by atoms with E-state index < -0.39 is 67.1 Å². The predicted octanol–water partition coefficient (Wildman–Crippen LogP) is 10.0. The number of hydrogen-bond acceptors (Lipinski definition) is 12. The fourth-order valence-electron chi connectivity index (χ4n) is 8.22. The summed E-state index contributed by atoms with van der Waals surface area (Å²) in [7, 11) is -1.72. The number of thiazole rings is 1. The van der Waals surface area contributed by atoms with Gasteiger partial charge in [-0.2, -0.15) is 0 Å². The van der Waals surface area contributed by atoms with E-state index in [1.807, 2.05) is 152 Å². The number of nitrogens with one attached hydrogen (secondary N) is 2. The zero-order valence-corrected chi connectivity index (χ0v) is 43.5. The molecule has 6 aromatic rings. The number of aromatic nitrogens is 1. The third kappa shape index (κ3) is 12.0. The largest absolute Gasteiger partial charge is 0.457 e. The number of thioether (sulfide) groups is 1. The van der Waals surface area contributed by atoms with Crippen LogP contribution >= 0.6 is 23.1 Å². The molecule has 15 heteroatoms. The number of carbonyl (C=O) groups is 4. The lowest BCUT2D eigenvalue weighted by Crippen LogP contribution is -2.71. The normalized spacial score (nSPS) is 16.0. The summed E-state index contributed by atoms with van der Waals surface area (Å²) in [6.07, 6.45) is 2.69. The number of hydrogen-bond donors (Lipinski definition) is 2. The van der Waals surface area contributed by atoms with Gasteiger partial charge in [0.2, 0.25) is 6.61 Å². The number of anilines is 1. The first-order valence-electron chi connectivity index (χ1n) is 23.4. The van der Waals surface area contributed by atoms with Crippen LogP contribution in [0.1, 0.15) is 60.4 Å². The summed E-state index contributed by atoms with van der Waals surface area (Å²) in [5, 5.41) is 12.2. The molecule has 0 saturated carbocycles. The molecular formula is C57H55N5O7S2Si. The van der Waals surface area contributed by atoms with E-state index >= 15 is 0 Å². The molecule has 1 aromatic heterocycles. The Hall–Kier alpha value is -7.51. The summed E-state index contributed by atoms with van der Waals surface area (Å²) in [5.74, 6) is 0.719. The van der Waals surface area contributed by atoms with Crippen molar-refractivity contribution in [2.75, 3.05) is 17.7 Å². The summed E-state index contributed by atoms with van der Waals surface area (Å²) in [4.78, 5) is 68.3. The Bertz CT molecular complexity index is 2920. The fourth-order valence-corrected chi connectivity index (χ4v) is 10.8. The van der Waals surface area contributed by atoms with Gasteiger partial charge in [-0.25, -0.2) is 14.6 Å². The molecule has 72 heavy (non-hydrogen) atoms. The highest BCUT2D eigenvalue weighted by Gasteiger charge is 2.55. The molecule has 12 nitrogen and oxygen atoms in total. The third-order valence-electron chi connectivity index (χ3n) is 11.4. The number of β-lactam (4-membered cyclic amide) rings is 1. The van der Waals surface area contributed by atoms with Gasteiger partial charge in [0.15, 0.2) is 16.9 Å². The summed E-state index contributed by atoms with van der Waals surface area (Å²) in [6.45, 7) is 11.0. The van der Waals surface area contributed by atoms with E-state index in [1.54, 1.807) is 38.3 Å². The second-order valence-corrected chi connectivity index (χ2v) is 25.7. The highest BCUT2D eigenvalue weighted by atomic mass is 32.2. The molecule has 1 fully saturated rings. The average molecular weight is 1010 g/mol. The standard InChI is InChI=1S/C57H55N5O7S2Si/c1-56(2,3)69-46(63)36-67-61-47(45-38-71-55(58-45)60-57(42-29-16-9-17-30-42,43-31-18-10-19-32-43)44-33-20-11-21-34-44)51(64)59-48-52(65)62-49(41(37-70-53(48)62)28-22-23-35-72(4,5)6)54(66)68-50(39-24-12-7-13-25-39)40-26-14-8-15-27-40/h7-22,24-34,38,48,50,53H,36-37H2,1-6H3,(H,58,60)(H,59,64)/b28-22+,61-47-/t48-,53-/m1/s1. The van der Waals surface area contributed by atoms with Crippen LogP contribution in [-0.2, 0) is 39.0 Å². The summed E-state index contributed by atoms with van der Waals surface area (Å²) < 4.78 is 11.8. The van der Waals surface area contributed by atoms with E-state index in [1.165, 1.54) is 28.0 Å². The molecule has 0 radical (unpaired) electrons. The maximum atomic E-state index is 14.6. The summed E-state index contributed by atoms with van der Waals surface area (Å²) in [5.41, 5.74) is 6.38. The number of ether oxygens (including phenoxy) is 2. The van der Waals surface area contributed by atoms with Crippen molar-refractivity contribution in [1.82, 2.24) is 15.2 Å². The minimum Gasteiger partial charge on any atom is -0.457 e. The number of oxime groups is 1. The monoisotopic (exact) mass is 1010 g/mol. The van der Waals surface area contributed by atoms with Gasteiger partial charge < -0.3 is 24.9 Å². The molecule has 1 saturated heterocycles. The number of benzene rings is 5. The van der Waals surface area contributed by atoms with Crippen molar-refractivity contribution in [1.29, 1.82) is 0 Å². The molecule has 2 amide bonds. The first-order valence-corrected chi connectivity index (χ1v) is 28.9. The van der Waals surface area contributed by atoms with Gasteiger partial charge in [-0.15, -0.1) is 28.6 Å². The number of allylic oxidation sites excluding steroid dienone is 2. The van der Waals surface area contributed by atoms with E-state index in [9.17, 15) is 19.2 Å². The van der Waals surface area contributed by atoms with Crippen molar-refractivity contribution in [3.8, 4) is 11.5 Å². The van der Waals surface area contributed by atoms with Crippen LogP contribution in [0.2, 0.25) is 19.6 Å². The lowest BCUT2D eigenvalue weighted by Gasteiger charge is -2.49. The number of esters is 2. The Balaban J connectivity index is 1.11. The Labute approximate surface area is 429 Å². The van der Waals surface area contributed by atoms with Crippen LogP contribution < -0.4 is 10.6 Å². The minimum atomic E-state index is -1.72. The molecule has 0 bridgehead atoms. The molecule has 2 aliphatic heterocycles. The van der Waals surface area contributed by atoms with E-state index in [-0.39, 0.29) is 17.1 Å². The van der Waals surface area contributed by atoms with Crippen LogP contribution in [0.5, 0.6) is 0 Å².